The van der Waals surface area contributed by atoms with Crippen molar-refractivity contribution in [1.29, 1.82) is 0 Å². The molecule has 0 saturated carbocycles. The van der Waals surface area contributed by atoms with Crippen LogP contribution in [0.4, 0.5) is 4.79 Å². The number of nitrogens with one attached hydrogen (secondary N) is 5. The topological polar surface area (TPSA) is 320 Å². The summed E-state index contributed by atoms with van der Waals surface area (Å²) in [5.41, 5.74) is 8.70. The van der Waals surface area contributed by atoms with E-state index in [-0.39, 0.29) is 0 Å². The van der Waals surface area contributed by atoms with Crippen LogP contribution in [0.15, 0.2) is 10.3 Å². The number of aliphatic hydroxyl groups excluding tert-OH is 3. The van der Waals surface area contributed by atoms with E-state index in [0.717, 1.165) is 6.92 Å². The Balaban J connectivity index is 5.20. The average molecular weight is 493 g/mol. The number of carbonyl (C=O) groups excluding carboxylic acids is 5. The summed E-state index contributed by atoms with van der Waals surface area (Å²) < 4.78 is 0. The molecule has 192 valence electrons. The first-order chi connectivity index (χ1) is 15.9. The lowest BCUT2D eigenvalue weighted by molar-refractivity contribution is -0.140. The van der Waals surface area contributed by atoms with Crippen molar-refractivity contribution in [2.24, 2.45) is 21.9 Å². The van der Waals surface area contributed by atoms with Gasteiger partial charge in [-0.3, -0.25) is 30.0 Å². The number of amides is 6. The van der Waals surface area contributed by atoms with Gasteiger partial charge in [-0.1, -0.05) is 5.22 Å². The Bertz CT molecular complexity index is 791. The fourth-order valence-corrected chi connectivity index (χ4v) is 2.15. The smallest absolute Gasteiger partial charge is 0.328 e. The zero-order valence-electron chi connectivity index (χ0n) is 17.8. The molecule has 13 N–H and O–H groups in total. The van der Waals surface area contributed by atoms with Crippen LogP contribution in [0.25, 0.3) is 0 Å². The highest BCUT2D eigenvalue weighted by atomic mass is 16.4. The number of hydrogen-bond acceptors (Lipinski definition) is 11. The van der Waals surface area contributed by atoms with Crippen LogP contribution in [0.1, 0.15) is 13.3 Å². The van der Waals surface area contributed by atoms with Crippen molar-refractivity contribution in [2.45, 2.75) is 43.6 Å². The van der Waals surface area contributed by atoms with E-state index in [2.05, 4.69) is 10.3 Å². The van der Waals surface area contributed by atoms with Crippen LogP contribution >= 0.6 is 0 Å². The number of primary amides is 1. The monoisotopic (exact) mass is 493 g/mol. The third-order valence-electron chi connectivity index (χ3n) is 3.87. The van der Waals surface area contributed by atoms with Gasteiger partial charge >= 0.3 is 12.0 Å². The van der Waals surface area contributed by atoms with E-state index in [1.54, 1.807) is 0 Å². The molecule has 1 unspecified atom stereocenters. The SMILES string of the molecule is CC(O)[C@H](NC(=O)N[C@@H](CO)C(=O)O)C(=O)NNC(=O)[C@H](CC(N)=O)NC(=O)[C@H](CO)N=NN. The molecule has 0 radical (unpaired) electrons. The lowest BCUT2D eigenvalue weighted by Gasteiger charge is -2.23. The van der Waals surface area contributed by atoms with Crippen LogP contribution in [-0.4, -0.2) is 99.5 Å². The number of aliphatic hydroxyl groups is 3. The van der Waals surface area contributed by atoms with Crippen LogP contribution in [0, 0.1) is 0 Å². The van der Waals surface area contributed by atoms with E-state index >= 15 is 0 Å². The summed E-state index contributed by atoms with van der Waals surface area (Å²) in [4.78, 5) is 70.5. The molecule has 0 aliphatic rings. The minimum Gasteiger partial charge on any atom is -0.480 e. The van der Waals surface area contributed by atoms with Crippen molar-refractivity contribution in [3.8, 4) is 0 Å². The first kappa shape index (κ1) is 29.9. The summed E-state index contributed by atoms with van der Waals surface area (Å²) in [6.07, 6.45) is -2.28. The molecule has 34 heavy (non-hydrogen) atoms. The van der Waals surface area contributed by atoms with E-state index in [1.165, 1.54) is 0 Å². The summed E-state index contributed by atoms with van der Waals surface area (Å²) in [5, 5.41) is 48.4. The zero-order chi connectivity index (χ0) is 26.4. The molecule has 0 aliphatic carbocycles. The molecule has 0 aromatic heterocycles. The number of nitrogens with two attached hydrogens (primary N) is 2. The molecule has 0 fully saturated rings. The van der Waals surface area contributed by atoms with Crippen LogP contribution in [-0.2, 0) is 24.0 Å². The van der Waals surface area contributed by atoms with Crippen LogP contribution in [0.3, 0.4) is 0 Å². The van der Waals surface area contributed by atoms with Gasteiger partial charge < -0.3 is 48.0 Å². The second-order valence-corrected chi connectivity index (χ2v) is 6.55. The van der Waals surface area contributed by atoms with Crippen LogP contribution in [0.2, 0.25) is 0 Å². The molecule has 19 heteroatoms. The highest BCUT2D eigenvalue weighted by molar-refractivity contribution is 5.95. The predicted molar refractivity (Wildman–Crippen MR) is 108 cm³/mol. The molecule has 0 rings (SSSR count). The number of nitrogens with zero attached hydrogens (tertiary/aromatic N) is 2. The molecule has 0 aromatic carbocycles. The highest BCUT2D eigenvalue weighted by Crippen LogP contribution is 1.98. The van der Waals surface area contributed by atoms with Crippen LogP contribution in [0.5, 0.6) is 0 Å². The van der Waals surface area contributed by atoms with Gasteiger partial charge in [0.25, 0.3) is 11.8 Å². The second kappa shape index (κ2) is 14.9. The summed E-state index contributed by atoms with van der Waals surface area (Å²) >= 11 is 0. The highest BCUT2D eigenvalue weighted by Gasteiger charge is 2.30. The van der Waals surface area contributed by atoms with Gasteiger partial charge in [0.1, 0.15) is 12.1 Å². The minimum absolute atomic E-state index is 0.733. The molecule has 19 nitrogen and oxygen atoms in total. The van der Waals surface area contributed by atoms with Gasteiger partial charge in [-0.25, -0.2) is 9.59 Å². The van der Waals surface area contributed by atoms with Gasteiger partial charge in [0, 0.05) is 0 Å². The largest absolute Gasteiger partial charge is 0.480 e. The maximum absolute atomic E-state index is 12.3. The van der Waals surface area contributed by atoms with Gasteiger partial charge in [-0.05, 0) is 6.92 Å². The van der Waals surface area contributed by atoms with E-state index in [4.69, 9.17) is 26.9 Å². The zero-order valence-corrected chi connectivity index (χ0v) is 17.8. The van der Waals surface area contributed by atoms with E-state index in [0.29, 0.717) is 0 Å². The summed E-state index contributed by atoms with van der Waals surface area (Å²) in [6, 6.07) is -7.80. The third-order valence-corrected chi connectivity index (χ3v) is 3.87. The van der Waals surface area contributed by atoms with Crippen molar-refractivity contribution in [1.82, 2.24) is 26.8 Å². The van der Waals surface area contributed by atoms with E-state index in [9.17, 15) is 33.9 Å². The van der Waals surface area contributed by atoms with Gasteiger partial charge in [-0.15, -0.1) is 0 Å². The molecule has 0 bridgehead atoms. The third kappa shape index (κ3) is 10.5. The van der Waals surface area contributed by atoms with E-state index < -0.39 is 85.5 Å². The average Bonchev–Trinajstić information content (AvgIpc) is 2.76. The van der Waals surface area contributed by atoms with Crippen molar-refractivity contribution in [3.63, 3.8) is 0 Å². The van der Waals surface area contributed by atoms with Crippen molar-refractivity contribution < 1.29 is 49.2 Å². The molecule has 0 spiro atoms. The molecule has 0 aromatic rings. The van der Waals surface area contributed by atoms with Gasteiger partial charge in [0.2, 0.25) is 11.8 Å². The van der Waals surface area contributed by atoms with Crippen LogP contribution < -0.4 is 38.4 Å². The Hall–Kier alpha value is -4.10. The summed E-state index contributed by atoms with van der Waals surface area (Å²) in [6.45, 7) is -0.706. The molecule has 5 atom stereocenters. The van der Waals surface area contributed by atoms with Crippen molar-refractivity contribution in [2.75, 3.05) is 13.2 Å². The number of hydrazine groups is 1. The van der Waals surface area contributed by atoms with Crippen molar-refractivity contribution in [3.05, 3.63) is 0 Å². The summed E-state index contributed by atoms with van der Waals surface area (Å²) in [7, 11) is 0. The minimum atomic E-state index is -1.72. The van der Waals surface area contributed by atoms with E-state index in [1.807, 2.05) is 26.8 Å². The number of carbonyl (C=O) groups is 6. The standard InChI is InChI=1S/C15H27N9O10/c1-5(27)10(20-15(34)19-8(4-26)14(32)33)13(31)23-22-12(30)6(2-9(16)28)18-11(29)7(3-25)21-24-17/h5-8,10,25-27H,2-4H2,1H3,(H2,16,28)(H2,17,21)(H,18,29)(H,22,30)(H,23,31)(H,32,33)(H2,19,20,34)/t5?,6-,7-,8-,10-/m0/s1. The number of carboxylic acids is 1. The first-order valence-corrected chi connectivity index (χ1v) is 9.35. The Morgan fingerprint density at radius 3 is 1.91 bits per heavy atom. The number of urea groups is 1. The molecule has 0 aliphatic heterocycles. The quantitative estimate of drug-likeness (QED) is 0.0650. The number of aliphatic carboxylic acids is 1. The second-order valence-electron chi connectivity index (χ2n) is 6.55. The molecule has 0 saturated heterocycles. The lowest BCUT2D eigenvalue weighted by atomic mass is 10.1. The van der Waals surface area contributed by atoms with Gasteiger partial charge in [0.15, 0.2) is 12.1 Å². The number of carboxylic acid groups (broad SMARTS) is 1. The Morgan fingerprint density at radius 2 is 1.47 bits per heavy atom. The predicted octanol–water partition coefficient (Wildman–Crippen LogP) is -6.33. The maximum atomic E-state index is 12.3. The number of rotatable bonds is 13. The fourth-order valence-electron chi connectivity index (χ4n) is 2.15. The Labute approximate surface area is 191 Å². The number of hydrogen-bond donors (Lipinski definition) is 11. The van der Waals surface area contributed by atoms with Crippen molar-refractivity contribution >= 4 is 35.6 Å². The molecular weight excluding hydrogens is 466 g/mol. The summed E-state index contributed by atoms with van der Waals surface area (Å²) in [5.74, 6) is -1.20. The normalized spacial score (nSPS) is 15.2. The molecule has 0 heterocycles. The lowest BCUT2D eigenvalue weighted by Crippen LogP contribution is -2.61. The molecule has 6 amide bonds. The van der Waals surface area contributed by atoms with Gasteiger partial charge in [-0.2, -0.15) is 5.11 Å². The fraction of sp³-hybridized carbons (Fsp3) is 0.600. The molecular formula is C15H27N9O10. The first-order valence-electron chi connectivity index (χ1n) is 9.35. The maximum Gasteiger partial charge on any atom is 0.328 e. The Morgan fingerprint density at radius 1 is 0.882 bits per heavy atom. The Kier molecular flexibility index (Phi) is 13.1. The van der Waals surface area contributed by atoms with Gasteiger partial charge in [0.05, 0.1) is 25.7 Å².